The van der Waals surface area contributed by atoms with Crippen LogP contribution in [0.2, 0.25) is 0 Å². The van der Waals surface area contributed by atoms with Crippen molar-refractivity contribution in [3.05, 3.63) is 29.3 Å². The molecule has 0 heterocycles. The summed E-state index contributed by atoms with van der Waals surface area (Å²) in [5, 5.41) is 0. The highest BCUT2D eigenvalue weighted by Gasteiger charge is 2.76. The minimum atomic E-state index is -6.56. The van der Waals surface area contributed by atoms with Gasteiger partial charge in [-0.05, 0) is 43.5 Å². The van der Waals surface area contributed by atoms with Gasteiger partial charge in [0.15, 0.2) is 0 Å². The summed E-state index contributed by atoms with van der Waals surface area (Å²) < 4.78 is 94.9. The predicted octanol–water partition coefficient (Wildman–Crippen LogP) is 4.23. The smallest absolute Gasteiger partial charge is 0.460 e. The number of benzene rings is 1. The summed E-state index contributed by atoms with van der Waals surface area (Å²) in [6, 6.07) is 3.79. The van der Waals surface area contributed by atoms with Crippen LogP contribution in [0, 0.1) is 6.92 Å². The second kappa shape index (κ2) is 7.32. The average Bonchev–Trinajstić information content (AvgIpc) is 2.53. The Morgan fingerprint density at radius 3 is 2.15 bits per heavy atom. The van der Waals surface area contributed by atoms with E-state index in [0.717, 1.165) is 7.05 Å². The van der Waals surface area contributed by atoms with Crippen molar-refractivity contribution in [2.75, 3.05) is 14.2 Å². The first-order valence-electron chi connectivity index (χ1n) is 7.40. The molecule has 1 atom stereocenters. The van der Waals surface area contributed by atoms with E-state index in [4.69, 9.17) is 4.74 Å². The molecule has 0 aliphatic rings. The summed E-state index contributed by atoms with van der Waals surface area (Å²) in [6.07, 6.45) is -6.60. The monoisotopic (exact) mass is 389 g/mol. The molecule has 148 valence electrons. The minimum Gasteiger partial charge on any atom is -0.497 e. The molecular formula is C16H18F7NO2. The van der Waals surface area contributed by atoms with Crippen molar-refractivity contribution in [1.82, 2.24) is 4.90 Å². The van der Waals surface area contributed by atoms with Gasteiger partial charge >= 0.3 is 18.0 Å². The van der Waals surface area contributed by atoms with Crippen LogP contribution < -0.4 is 4.74 Å². The summed E-state index contributed by atoms with van der Waals surface area (Å²) in [4.78, 5) is 11.9. The number of alkyl halides is 7. The molecule has 0 saturated carbocycles. The topological polar surface area (TPSA) is 29.5 Å². The standard InChI is InChI=1S/C16H18F7NO2/c1-9-5-6-12(26-4)8-11(9)7-10(2)24(3)13(25)14(17,18)15(19,20)16(21,22)23/h5-6,8,10H,7H2,1-4H3. The number of carbonyl (C=O) groups excluding carboxylic acids is 1. The van der Waals surface area contributed by atoms with Crippen LogP contribution in [0.1, 0.15) is 18.1 Å². The van der Waals surface area contributed by atoms with Crippen molar-refractivity contribution in [2.24, 2.45) is 0 Å². The van der Waals surface area contributed by atoms with Crippen LogP contribution in [-0.2, 0) is 11.2 Å². The van der Waals surface area contributed by atoms with Gasteiger partial charge in [0.25, 0.3) is 5.91 Å². The first-order valence-corrected chi connectivity index (χ1v) is 7.40. The highest BCUT2D eigenvalue weighted by Crippen LogP contribution is 2.47. The van der Waals surface area contributed by atoms with Crippen LogP contribution in [0.15, 0.2) is 18.2 Å². The Morgan fingerprint density at radius 1 is 1.15 bits per heavy atom. The Bertz CT molecular complexity index is 658. The van der Waals surface area contributed by atoms with Crippen molar-refractivity contribution in [1.29, 1.82) is 0 Å². The SMILES string of the molecule is COc1ccc(C)c(CC(C)N(C)C(=O)C(F)(F)C(F)(F)C(F)(F)F)c1. The highest BCUT2D eigenvalue weighted by atomic mass is 19.4. The lowest BCUT2D eigenvalue weighted by molar-refractivity contribution is -0.346. The van der Waals surface area contributed by atoms with Crippen LogP contribution in [0.25, 0.3) is 0 Å². The van der Waals surface area contributed by atoms with Crippen molar-refractivity contribution in [3.8, 4) is 5.75 Å². The Hall–Kier alpha value is -2.00. The summed E-state index contributed by atoms with van der Waals surface area (Å²) in [5.41, 5.74) is 1.29. The Balaban J connectivity index is 3.04. The fourth-order valence-electron chi connectivity index (χ4n) is 2.18. The third-order valence-corrected chi connectivity index (χ3v) is 4.07. The maximum atomic E-state index is 13.6. The molecule has 0 N–H and O–H groups in total. The number of hydrogen-bond acceptors (Lipinski definition) is 2. The lowest BCUT2D eigenvalue weighted by Gasteiger charge is -2.33. The fraction of sp³-hybridized carbons (Fsp3) is 0.562. The zero-order valence-corrected chi connectivity index (χ0v) is 14.4. The van der Waals surface area contributed by atoms with E-state index in [9.17, 15) is 35.5 Å². The molecule has 0 bridgehead atoms. The highest BCUT2D eigenvalue weighted by molar-refractivity contribution is 5.85. The minimum absolute atomic E-state index is 0.0427. The lowest BCUT2D eigenvalue weighted by atomic mass is 10.00. The molecule has 0 aromatic heterocycles. The van der Waals surface area contributed by atoms with Crippen LogP contribution in [-0.4, -0.2) is 49.0 Å². The molecule has 1 rings (SSSR count). The van der Waals surface area contributed by atoms with Gasteiger partial charge in [-0.1, -0.05) is 6.07 Å². The van der Waals surface area contributed by atoms with Gasteiger partial charge in [-0.15, -0.1) is 0 Å². The van der Waals surface area contributed by atoms with Crippen molar-refractivity contribution < 1.29 is 40.3 Å². The van der Waals surface area contributed by atoms with E-state index in [1.165, 1.54) is 14.0 Å². The number of amides is 1. The second-order valence-electron chi connectivity index (χ2n) is 5.91. The normalized spacial score (nSPS) is 14.1. The third-order valence-electron chi connectivity index (χ3n) is 4.07. The van der Waals surface area contributed by atoms with Gasteiger partial charge in [-0.25, -0.2) is 0 Å². The average molecular weight is 389 g/mol. The number of aryl methyl sites for hydroxylation is 1. The number of carbonyl (C=O) groups is 1. The molecule has 0 saturated heterocycles. The number of ether oxygens (including phenoxy) is 1. The van der Waals surface area contributed by atoms with Gasteiger partial charge in [0.2, 0.25) is 0 Å². The van der Waals surface area contributed by atoms with Gasteiger partial charge in [0.05, 0.1) is 7.11 Å². The molecule has 1 unspecified atom stereocenters. The molecular weight excluding hydrogens is 371 g/mol. The van der Waals surface area contributed by atoms with Crippen LogP contribution in [0.4, 0.5) is 30.7 Å². The van der Waals surface area contributed by atoms with Gasteiger partial charge in [0.1, 0.15) is 5.75 Å². The maximum Gasteiger partial charge on any atom is 0.460 e. The summed E-state index contributed by atoms with van der Waals surface area (Å²) in [7, 11) is 2.15. The zero-order valence-electron chi connectivity index (χ0n) is 14.4. The van der Waals surface area contributed by atoms with E-state index in [2.05, 4.69) is 0 Å². The molecule has 0 aliphatic heterocycles. The van der Waals surface area contributed by atoms with Gasteiger partial charge in [-0.3, -0.25) is 4.79 Å². The predicted molar refractivity (Wildman–Crippen MR) is 79.6 cm³/mol. The van der Waals surface area contributed by atoms with E-state index in [-0.39, 0.29) is 11.3 Å². The largest absolute Gasteiger partial charge is 0.497 e. The van der Waals surface area contributed by atoms with Crippen molar-refractivity contribution in [3.63, 3.8) is 0 Å². The first-order chi connectivity index (χ1) is 11.7. The number of nitrogens with zero attached hydrogens (tertiary/aromatic N) is 1. The summed E-state index contributed by atoms with van der Waals surface area (Å²) in [6.45, 7) is 2.95. The van der Waals surface area contributed by atoms with E-state index in [0.29, 0.717) is 16.9 Å². The summed E-state index contributed by atoms with van der Waals surface area (Å²) >= 11 is 0. The Kier molecular flexibility index (Phi) is 6.20. The maximum absolute atomic E-state index is 13.6. The van der Waals surface area contributed by atoms with Crippen LogP contribution >= 0.6 is 0 Å². The van der Waals surface area contributed by atoms with Crippen molar-refractivity contribution in [2.45, 2.75) is 44.3 Å². The first kappa shape index (κ1) is 22.0. The van der Waals surface area contributed by atoms with E-state index < -0.39 is 30.0 Å². The van der Waals surface area contributed by atoms with Gasteiger partial charge < -0.3 is 9.64 Å². The fourth-order valence-corrected chi connectivity index (χ4v) is 2.18. The molecule has 10 heteroatoms. The molecule has 1 aromatic rings. The Labute approximate surface area is 145 Å². The number of halogens is 7. The van der Waals surface area contributed by atoms with Crippen molar-refractivity contribution >= 4 is 5.91 Å². The number of likely N-dealkylation sites (N-methyl/N-ethyl adjacent to an activating group) is 1. The number of rotatable bonds is 6. The van der Waals surface area contributed by atoms with Gasteiger partial charge in [-0.2, -0.15) is 30.7 Å². The quantitative estimate of drug-likeness (QED) is 0.682. The van der Waals surface area contributed by atoms with Crippen LogP contribution in [0.3, 0.4) is 0 Å². The zero-order chi connectivity index (χ0) is 20.5. The van der Waals surface area contributed by atoms with E-state index >= 15 is 0 Å². The molecule has 3 nitrogen and oxygen atoms in total. The third kappa shape index (κ3) is 4.04. The molecule has 0 aliphatic carbocycles. The van der Waals surface area contributed by atoms with E-state index in [1.807, 2.05) is 0 Å². The Morgan fingerprint density at radius 2 is 1.69 bits per heavy atom. The molecule has 0 spiro atoms. The molecule has 1 aromatic carbocycles. The molecule has 1 amide bonds. The number of methoxy groups -OCH3 is 1. The lowest BCUT2D eigenvalue weighted by Crippen LogP contribution is -2.60. The van der Waals surface area contributed by atoms with Crippen LogP contribution in [0.5, 0.6) is 5.75 Å². The second-order valence-corrected chi connectivity index (χ2v) is 5.91. The molecule has 0 fully saturated rings. The summed E-state index contributed by atoms with van der Waals surface area (Å²) in [5.74, 6) is -14.6. The number of hydrogen-bond donors (Lipinski definition) is 0. The van der Waals surface area contributed by atoms with Gasteiger partial charge in [0, 0.05) is 13.1 Å². The van der Waals surface area contributed by atoms with E-state index in [1.54, 1.807) is 25.1 Å². The molecule has 26 heavy (non-hydrogen) atoms. The molecule has 0 radical (unpaired) electrons.